The Morgan fingerprint density at radius 3 is 2.95 bits per heavy atom. The first kappa shape index (κ1) is 13.5. The molecule has 0 saturated carbocycles. The van der Waals surface area contributed by atoms with E-state index in [0.717, 1.165) is 11.3 Å². The van der Waals surface area contributed by atoms with Crippen LogP contribution in [0, 0.1) is 0 Å². The van der Waals surface area contributed by atoms with Crippen molar-refractivity contribution >= 4 is 6.09 Å². The summed E-state index contributed by atoms with van der Waals surface area (Å²) < 4.78 is 15.4. The van der Waals surface area contributed by atoms with E-state index in [2.05, 4.69) is 0 Å². The van der Waals surface area contributed by atoms with Gasteiger partial charge in [0.25, 0.3) is 0 Å². The quantitative estimate of drug-likeness (QED) is 0.872. The zero-order valence-corrected chi connectivity index (χ0v) is 10.8. The van der Waals surface area contributed by atoms with E-state index in [-0.39, 0.29) is 20.0 Å². The number of amides is 1. The fraction of sp³-hybridized carbons (Fsp3) is 0.462. The molecule has 0 fully saturated rings. The van der Waals surface area contributed by atoms with Crippen molar-refractivity contribution in [2.75, 3.05) is 26.6 Å². The van der Waals surface area contributed by atoms with Crippen molar-refractivity contribution in [1.82, 2.24) is 4.90 Å². The number of hydrogen-bond donors (Lipinski definition) is 1. The van der Waals surface area contributed by atoms with Crippen LogP contribution < -0.4 is 9.47 Å². The standard InChI is InChI=1S/C13H17NO5/c1-2-14(13(16)17-6-5-15)8-10-3-4-11-12(7-10)19-9-18-11/h3-4,7,15H,2,5-6,8-9H2,1H3. The monoisotopic (exact) mass is 267 g/mol. The Labute approximate surface area is 111 Å². The van der Waals surface area contributed by atoms with Crippen LogP contribution in [-0.4, -0.2) is 42.7 Å². The number of aliphatic hydroxyl groups excluding tert-OH is 1. The van der Waals surface area contributed by atoms with Gasteiger partial charge in [-0.15, -0.1) is 0 Å². The number of fused-ring (bicyclic) bond motifs is 1. The van der Waals surface area contributed by atoms with E-state index in [0.29, 0.717) is 18.8 Å². The maximum atomic E-state index is 11.7. The van der Waals surface area contributed by atoms with E-state index in [1.807, 2.05) is 25.1 Å². The third kappa shape index (κ3) is 3.29. The second-order valence-corrected chi connectivity index (χ2v) is 4.04. The maximum Gasteiger partial charge on any atom is 0.410 e. The lowest BCUT2D eigenvalue weighted by molar-refractivity contribution is 0.0836. The van der Waals surface area contributed by atoms with Gasteiger partial charge in [-0.05, 0) is 24.6 Å². The Morgan fingerprint density at radius 2 is 2.21 bits per heavy atom. The molecule has 1 heterocycles. The van der Waals surface area contributed by atoms with Crippen LogP contribution in [0.15, 0.2) is 18.2 Å². The molecule has 1 aromatic rings. The van der Waals surface area contributed by atoms with E-state index in [9.17, 15) is 4.79 Å². The minimum atomic E-state index is -0.436. The van der Waals surface area contributed by atoms with Gasteiger partial charge in [0.05, 0.1) is 6.61 Å². The highest BCUT2D eigenvalue weighted by Gasteiger charge is 2.17. The topological polar surface area (TPSA) is 68.2 Å². The Morgan fingerprint density at radius 1 is 1.42 bits per heavy atom. The number of carbonyl (C=O) groups excluding carboxylic acids is 1. The van der Waals surface area contributed by atoms with Gasteiger partial charge in [0.2, 0.25) is 6.79 Å². The molecule has 0 atom stereocenters. The molecular weight excluding hydrogens is 250 g/mol. The summed E-state index contributed by atoms with van der Waals surface area (Å²) >= 11 is 0. The third-order valence-electron chi connectivity index (χ3n) is 2.77. The van der Waals surface area contributed by atoms with Gasteiger partial charge in [-0.2, -0.15) is 0 Å². The molecule has 0 bridgehead atoms. The minimum absolute atomic E-state index is 0.0104. The lowest BCUT2D eigenvalue weighted by Gasteiger charge is -2.20. The molecular formula is C13H17NO5. The van der Waals surface area contributed by atoms with Crippen LogP contribution >= 0.6 is 0 Å². The van der Waals surface area contributed by atoms with Crippen molar-refractivity contribution in [3.63, 3.8) is 0 Å². The lowest BCUT2D eigenvalue weighted by atomic mass is 10.2. The van der Waals surface area contributed by atoms with Crippen molar-refractivity contribution < 1.29 is 24.1 Å². The van der Waals surface area contributed by atoms with Gasteiger partial charge in [-0.1, -0.05) is 6.07 Å². The normalized spacial score (nSPS) is 12.3. The number of benzene rings is 1. The Hall–Kier alpha value is -1.95. The van der Waals surface area contributed by atoms with Crippen LogP contribution in [-0.2, 0) is 11.3 Å². The zero-order chi connectivity index (χ0) is 13.7. The fourth-order valence-corrected chi connectivity index (χ4v) is 1.79. The first-order chi connectivity index (χ1) is 9.24. The summed E-state index contributed by atoms with van der Waals surface area (Å²) in [7, 11) is 0. The van der Waals surface area contributed by atoms with E-state index in [4.69, 9.17) is 19.3 Å². The molecule has 0 aromatic heterocycles. The van der Waals surface area contributed by atoms with Crippen molar-refractivity contribution in [3.05, 3.63) is 23.8 Å². The molecule has 6 nitrogen and oxygen atoms in total. The summed E-state index contributed by atoms with van der Waals surface area (Å²) in [6.45, 7) is 2.89. The average Bonchev–Trinajstić information content (AvgIpc) is 2.89. The van der Waals surface area contributed by atoms with Crippen LogP contribution in [0.3, 0.4) is 0 Å². The largest absolute Gasteiger partial charge is 0.454 e. The molecule has 0 saturated heterocycles. The zero-order valence-electron chi connectivity index (χ0n) is 10.8. The van der Waals surface area contributed by atoms with Crippen LogP contribution in [0.2, 0.25) is 0 Å². The number of hydrogen-bond acceptors (Lipinski definition) is 5. The molecule has 104 valence electrons. The van der Waals surface area contributed by atoms with E-state index >= 15 is 0 Å². The van der Waals surface area contributed by atoms with E-state index < -0.39 is 6.09 Å². The molecule has 1 amide bonds. The number of nitrogens with zero attached hydrogens (tertiary/aromatic N) is 1. The van der Waals surface area contributed by atoms with E-state index in [1.165, 1.54) is 0 Å². The summed E-state index contributed by atoms with van der Waals surface area (Å²) in [6, 6.07) is 5.56. The second kappa shape index (κ2) is 6.29. The highest BCUT2D eigenvalue weighted by Crippen LogP contribution is 2.32. The molecule has 1 N–H and O–H groups in total. The Balaban J connectivity index is 2.00. The van der Waals surface area contributed by atoms with Gasteiger partial charge in [-0.25, -0.2) is 4.79 Å². The first-order valence-electron chi connectivity index (χ1n) is 6.15. The summed E-state index contributed by atoms with van der Waals surface area (Å²) in [5.41, 5.74) is 0.937. The smallest absolute Gasteiger partial charge is 0.410 e. The SMILES string of the molecule is CCN(Cc1ccc2c(c1)OCO2)C(=O)OCCO. The lowest BCUT2D eigenvalue weighted by Crippen LogP contribution is -2.31. The van der Waals surface area contributed by atoms with Gasteiger partial charge in [0.1, 0.15) is 6.61 Å². The number of rotatable bonds is 5. The van der Waals surface area contributed by atoms with Crippen molar-refractivity contribution in [2.45, 2.75) is 13.5 Å². The minimum Gasteiger partial charge on any atom is -0.454 e. The van der Waals surface area contributed by atoms with Crippen LogP contribution in [0.5, 0.6) is 11.5 Å². The number of aliphatic hydroxyl groups is 1. The van der Waals surface area contributed by atoms with Crippen LogP contribution in [0.1, 0.15) is 12.5 Å². The molecule has 1 aliphatic rings. The predicted molar refractivity (Wildman–Crippen MR) is 67.1 cm³/mol. The molecule has 1 aromatic carbocycles. The number of ether oxygens (including phenoxy) is 3. The third-order valence-corrected chi connectivity index (χ3v) is 2.77. The van der Waals surface area contributed by atoms with Crippen molar-refractivity contribution in [3.8, 4) is 11.5 Å². The van der Waals surface area contributed by atoms with Gasteiger partial charge in [0, 0.05) is 13.1 Å². The summed E-state index contributed by atoms with van der Waals surface area (Å²) in [5.74, 6) is 1.41. The van der Waals surface area contributed by atoms with Gasteiger partial charge in [-0.3, -0.25) is 0 Å². The van der Waals surface area contributed by atoms with Gasteiger partial charge >= 0.3 is 6.09 Å². The first-order valence-corrected chi connectivity index (χ1v) is 6.15. The average molecular weight is 267 g/mol. The summed E-state index contributed by atoms with van der Waals surface area (Å²) in [4.78, 5) is 13.3. The van der Waals surface area contributed by atoms with Crippen molar-refractivity contribution in [1.29, 1.82) is 0 Å². The summed E-state index contributed by atoms with van der Waals surface area (Å²) in [5, 5.41) is 8.64. The highest BCUT2D eigenvalue weighted by atomic mass is 16.7. The Bertz CT molecular complexity index is 449. The maximum absolute atomic E-state index is 11.7. The molecule has 0 unspecified atom stereocenters. The Kier molecular flexibility index (Phi) is 4.46. The second-order valence-electron chi connectivity index (χ2n) is 4.04. The number of carbonyl (C=O) groups is 1. The molecule has 19 heavy (non-hydrogen) atoms. The van der Waals surface area contributed by atoms with Gasteiger partial charge < -0.3 is 24.2 Å². The molecule has 6 heteroatoms. The highest BCUT2D eigenvalue weighted by molar-refractivity contribution is 5.67. The fourth-order valence-electron chi connectivity index (χ4n) is 1.79. The molecule has 0 spiro atoms. The summed E-state index contributed by atoms with van der Waals surface area (Å²) in [6.07, 6.45) is -0.436. The molecule has 1 aliphatic heterocycles. The molecule has 2 rings (SSSR count). The van der Waals surface area contributed by atoms with Crippen LogP contribution in [0.4, 0.5) is 4.79 Å². The van der Waals surface area contributed by atoms with Crippen molar-refractivity contribution in [2.24, 2.45) is 0 Å². The predicted octanol–water partition coefficient (Wildman–Crippen LogP) is 1.37. The van der Waals surface area contributed by atoms with Gasteiger partial charge in [0.15, 0.2) is 11.5 Å². The van der Waals surface area contributed by atoms with E-state index in [1.54, 1.807) is 4.90 Å². The molecule has 0 aliphatic carbocycles. The molecule has 0 radical (unpaired) electrons. The van der Waals surface area contributed by atoms with Crippen LogP contribution in [0.25, 0.3) is 0 Å².